The molecule has 1 unspecified atom stereocenters. The second-order valence-electron chi connectivity index (χ2n) is 9.23. The number of aromatic nitrogens is 1. The Hall–Kier alpha value is -4.13. The highest BCUT2D eigenvalue weighted by atomic mass is 16.7. The molecule has 0 saturated heterocycles. The molecule has 1 aromatic heterocycles. The molecule has 7 nitrogen and oxygen atoms in total. The molecule has 3 heterocycles. The van der Waals surface area contributed by atoms with Crippen LogP contribution in [0.25, 0.3) is 10.9 Å². The van der Waals surface area contributed by atoms with Crippen molar-refractivity contribution in [1.29, 1.82) is 0 Å². The Morgan fingerprint density at radius 3 is 2.61 bits per heavy atom. The van der Waals surface area contributed by atoms with Crippen LogP contribution in [0.1, 0.15) is 33.1 Å². The van der Waals surface area contributed by atoms with Gasteiger partial charge in [-0.25, -0.2) is 0 Å². The molecule has 7 heteroatoms. The molecule has 0 saturated carbocycles. The summed E-state index contributed by atoms with van der Waals surface area (Å²) >= 11 is 0. The van der Waals surface area contributed by atoms with Gasteiger partial charge < -0.3 is 28.4 Å². The third-order valence-corrected chi connectivity index (χ3v) is 7.26. The number of para-hydroxylation sites is 1. The van der Waals surface area contributed by atoms with Gasteiger partial charge in [-0.3, -0.25) is 4.79 Å². The molecule has 0 spiro atoms. The number of carbonyl (C=O) groups is 1. The Kier molecular flexibility index (Phi) is 5.48. The molecule has 6 rings (SSSR count). The standard InChI is InChI=1S/C29H28N2O5/c1-30-16-22(20-6-4-5-7-23(20)30)29(32)31-11-10-19-14-26(33-2)27(34-3)15-21(19)24(31)12-18-8-9-25-28(13-18)36-17-35-25/h4-9,13-16,24H,10-12,17H2,1-3H3. The van der Waals surface area contributed by atoms with Gasteiger partial charge in [0, 0.05) is 30.7 Å². The van der Waals surface area contributed by atoms with Crippen LogP contribution in [0, 0.1) is 0 Å². The van der Waals surface area contributed by atoms with Gasteiger partial charge in [-0.1, -0.05) is 24.3 Å². The first-order chi connectivity index (χ1) is 17.6. The summed E-state index contributed by atoms with van der Waals surface area (Å²) in [6, 6.07) is 17.9. The smallest absolute Gasteiger partial charge is 0.256 e. The number of amides is 1. The molecule has 0 fully saturated rings. The van der Waals surface area contributed by atoms with Crippen molar-refractivity contribution in [2.24, 2.45) is 7.05 Å². The molecular weight excluding hydrogens is 456 g/mol. The van der Waals surface area contributed by atoms with Crippen molar-refractivity contribution in [3.05, 3.63) is 83.0 Å². The van der Waals surface area contributed by atoms with E-state index in [-0.39, 0.29) is 18.7 Å². The van der Waals surface area contributed by atoms with E-state index < -0.39 is 0 Å². The van der Waals surface area contributed by atoms with Crippen molar-refractivity contribution in [3.63, 3.8) is 0 Å². The molecule has 4 aromatic rings. The molecule has 36 heavy (non-hydrogen) atoms. The quantitative estimate of drug-likeness (QED) is 0.403. The Balaban J connectivity index is 1.44. The lowest BCUT2D eigenvalue weighted by Crippen LogP contribution is -2.41. The van der Waals surface area contributed by atoms with Crippen LogP contribution in [0.15, 0.2) is 60.8 Å². The van der Waals surface area contributed by atoms with Crippen LogP contribution < -0.4 is 18.9 Å². The minimum absolute atomic E-state index is 0.0259. The van der Waals surface area contributed by atoms with Crippen LogP contribution in [-0.2, 0) is 19.9 Å². The molecule has 2 aliphatic heterocycles. The predicted octanol–water partition coefficient (Wildman–Crippen LogP) is 4.91. The number of hydrogen-bond acceptors (Lipinski definition) is 5. The van der Waals surface area contributed by atoms with Crippen molar-refractivity contribution in [2.75, 3.05) is 27.6 Å². The van der Waals surface area contributed by atoms with Crippen LogP contribution in [0.2, 0.25) is 0 Å². The van der Waals surface area contributed by atoms with Crippen LogP contribution in [0.5, 0.6) is 23.0 Å². The molecule has 0 radical (unpaired) electrons. The first-order valence-electron chi connectivity index (χ1n) is 12.1. The summed E-state index contributed by atoms with van der Waals surface area (Å²) in [5, 5.41) is 0.963. The first kappa shape index (κ1) is 22.3. The molecule has 3 aromatic carbocycles. The molecule has 0 bridgehead atoms. The van der Waals surface area contributed by atoms with Gasteiger partial charge in [-0.05, 0) is 59.9 Å². The molecule has 1 atom stereocenters. The summed E-state index contributed by atoms with van der Waals surface area (Å²) in [7, 11) is 5.26. The summed E-state index contributed by atoms with van der Waals surface area (Å²) in [4.78, 5) is 16.1. The molecule has 1 amide bonds. The fraction of sp³-hybridized carbons (Fsp3) is 0.276. The Morgan fingerprint density at radius 1 is 1.00 bits per heavy atom. The number of ether oxygens (including phenoxy) is 4. The number of benzene rings is 3. The second kappa shape index (κ2) is 8.82. The molecule has 184 valence electrons. The SMILES string of the molecule is COc1cc2c(cc1OC)C(Cc1ccc3c(c1)OCO3)N(C(=O)c1cn(C)c3ccccc13)CC2. The van der Waals surface area contributed by atoms with Crippen LogP contribution in [0.3, 0.4) is 0 Å². The van der Waals surface area contributed by atoms with Gasteiger partial charge in [0.25, 0.3) is 5.91 Å². The highest BCUT2D eigenvalue weighted by Crippen LogP contribution is 2.41. The van der Waals surface area contributed by atoms with Gasteiger partial charge in [0.1, 0.15) is 0 Å². The monoisotopic (exact) mass is 484 g/mol. The fourth-order valence-electron chi connectivity index (χ4n) is 5.45. The van der Waals surface area contributed by atoms with Crippen LogP contribution >= 0.6 is 0 Å². The van der Waals surface area contributed by atoms with E-state index in [2.05, 4.69) is 0 Å². The summed E-state index contributed by atoms with van der Waals surface area (Å²) in [5.41, 5.74) is 5.07. The van der Waals surface area contributed by atoms with Crippen molar-refractivity contribution < 1.29 is 23.7 Å². The topological polar surface area (TPSA) is 62.2 Å². The summed E-state index contributed by atoms with van der Waals surface area (Å²) in [6.07, 6.45) is 3.31. The van der Waals surface area contributed by atoms with Gasteiger partial charge >= 0.3 is 0 Å². The minimum atomic E-state index is -0.180. The van der Waals surface area contributed by atoms with Gasteiger partial charge in [0.2, 0.25) is 6.79 Å². The van der Waals surface area contributed by atoms with Gasteiger partial charge in [-0.15, -0.1) is 0 Å². The van der Waals surface area contributed by atoms with Crippen molar-refractivity contribution >= 4 is 16.8 Å². The van der Waals surface area contributed by atoms with E-state index in [0.717, 1.165) is 39.9 Å². The van der Waals surface area contributed by atoms with E-state index in [4.69, 9.17) is 18.9 Å². The number of aryl methyl sites for hydroxylation is 1. The summed E-state index contributed by atoms with van der Waals surface area (Å²) in [5.74, 6) is 2.87. The van der Waals surface area contributed by atoms with E-state index in [1.807, 2.05) is 77.3 Å². The number of nitrogens with zero attached hydrogens (tertiary/aromatic N) is 2. The maximum atomic E-state index is 14.1. The minimum Gasteiger partial charge on any atom is -0.493 e. The van der Waals surface area contributed by atoms with Gasteiger partial charge in [0.15, 0.2) is 23.0 Å². The average molecular weight is 485 g/mol. The van der Waals surface area contributed by atoms with E-state index in [1.165, 1.54) is 5.56 Å². The third-order valence-electron chi connectivity index (χ3n) is 7.26. The predicted molar refractivity (Wildman–Crippen MR) is 136 cm³/mol. The van der Waals surface area contributed by atoms with Gasteiger partial charge in [-0.2, -0.15) is 0 Å². The van der Waals surface area contributed by atoms with Crippen molar-refractivity contribution in [1.82, 2.24) is 9.47 Å². The lowest BCUT2D eigenvalue weighted by Gasteiger charge is -2.38. The Bertz CT molecular complexity index is 1470. The van der Waals surface area contributed by atoms with E-state index in [1.54, 1.807) is 14.2 Å². The number of rotatable bonds is 5. The van der Waals surface area contributed by atoms with Gasteiger partial charge in [0.05, 0.1) is 25.8 Å². The van der Waals surface area contributed by atoms with Crippen LogP contribution in [0.4, 0.5) is 0 Å². The highest BCUT2D eigenvalue weighted by molar-refractivity contribution is 6.07. The lowest BCUT2D eigenvalue weighted by atomic mass is 9.87. The summed E-state index contributed by atoms with van der Waals surface area (Å²) in [6.45, 7) is 0.841. The highest BCUT2D eigenvalue weighted by Gasteiger charge is 2.34. The maximum absolute atomic E-state index is 14.1. The Morgan fingerprint density at radius 2 is 1.78 bits per heavy atom. The number of hydrogen-bond donors (Lipinski definition) is 0. The molecule has 0 N–H and O–H groups in total. The number of fused-ring (bicyclic) bond motifs is 3. The zero-order valence-corrected chi connectivity index (χ0v) is 20.6. The maximum Gasteiger partial charge on any atom is 0.256 e. The summed E-state index contributed by atoms with van der Waals surface area (Å²) < 4.78 is 24.3. The zero-order valence-electron chi connectivity index (χ0n) is 20.6. The van der Waals surface area contributed by atoms with Crippen molar-refractivity contribution in [2.45, 2.75) is 18.9 Å². The Labute approximate surface area is 209 Å². The third kappa shape index (κ3) is 3.63. The number of carbonyl (C=O) groups excluding carboxylic acids is 1. The fourth-order valence-corrected chi connectivity index (χ4v) is 5.45. The first-order valence-corrected chi connectivity index (χ1v) is 12.1. The van der Waals surface area contributed by atoms with E-state index >= 15 is 0 Å². The molecule has 2 aliphatic rings. The zero-order chi connectivity index (χ0) is 24.8. The second-order valence-corrected chi connectivity index (χ2v) is 9.23. The number of methoxy groups -OCH3 is 2. The van der Waals surface area contributed by atoms with Crippen LogP contribution in [-0.4, -0.2) is 42.9 Å². The molecular formula is C29H28N2O5. The average Bonchev–Trinajstić information content (AvgIpc) is 3.51. The normalized spacial score (nSPS) is 16.2. The largest absolute Gasteiger partial charge is 0.493 e. The van der Waals surface area contributed by atoms with Crippen molar-refractivity contribution in [3.8, 4) is 23.0 Å². The van der Waals surface area contributed by atoms with E-state index in [0.29, 0.717) is 30.0 Å². The van der Waals surface area contributed by atoms with E-state index in [9.17, 15) is 4.79 Å². The molecule has 0 aliphatic carbocycles. The lowest BCUT2D eigenvalue weighted by molar-refractivity contribution is 0.0661.